The van der Waals surface area contributed by atoms with Gasteiger partial charge in [-0.05, 0) is 26.3 Å². The van der Waals surface area contributed by atoms with Crippen LogP contribution in [0.3, 0.4) is 0 Å². The van der Waals surface area contributed by atoms with Crippen molar-refractivity contribution in [1.82, 2.24) is 10.2 Å². The Hall–Kier alpha value is -0.120. The molecule has 0 amide bonds. The van der Waals surface area contributed by atoms with Crippen LogP contribution in [0.2, 0.25) is 0 Å². The van der Waals surface area contributed by atoms with Crippen molar-refractivity contribution in [2.24, 2.45) is 0 Å². The zero-order valence-corrected chi connectivity index (χ0v) is 7.66. The highest BCUT2D eigenvalue weighted by molar-refractivity contribution is 4.92. The van der Waals surface area contributed by atoms with E-state index in [9.17, 15) is 5.11 Å². The lowest BCUT2D eigenvalue weighted by atomic mass is 10.1. The number of rotatable bonds is 1. The Morgan fingerprint density at radius 3 is 2.75 bits per heavy atom. The Morgan fingerprint density at radius 1 is 1.42 bits per heavy atom. The topological polar surface area (TPSA) is 35.5 Å². The predicted octanol–water partition coefficient (Wildman–Crippen LogP) is -0.197. The van der Waals surface area contributed by atoms with Gasteiger partial charge in [-0.1, -0.05) is 0 Å². The van der Waals surface area contributed by atoms with Crippen LogP contribution in [0.5, 0.6) is 0 Å². The first-order valence-electron chi connectivity index (χ1n) is 4.93. The molecular formula is C9H18N2O. The van der Waals surface area contributed by atoms with Gasteiger partial charge in [0.2, 0.25) is 0 Å². The molecule has 2 saturated heterocycles. The minimum absolute atomic E-state index is 0.148. The second-order valence-corrected chi connectivity index (χ2v) is 4.02. The summed E-state index contributed by atoms with van der Waals surface area (Å²) in [7, 11) is 0. The van der Waals surface area contributed by atoms with Crippen LogP contribution < -0.4 is 5.32 Å². The number of aliphatic hydroxyl groups excluding tert-OH is 1. The molecule has 0 aromatic heterocycles. The number of hydrogen-bond donors (Lipinski definition) is 2. The van der Waals surface area contributed by atoms with Gasteiger partial charge in [0, 0.05) is 25.2 Å². The minimum atomic E-state index is -0.148. The molecular weight excluding hydrogens is 152 g/mol. The molecule has 3 nitrogen and oxygen atoms in total. The van der Waals surface area contributed by atoms with Crippen LogP contribution >= 0.6 is 0 Å². The van der Waals surface area contributed by atoms with E-state index in [-0.39, 0.29) is 6.10 Å². The summed E-state index contributed by atoms with van der Waals surface area (Å²) in [5.74, 6) is 0. The number of hydrogen-bond acceptors (Lipinski definition) is 3. The molecule has 0 aromatic carbocycles. The van der Waals surface area contributed by atoms with E-state index in [2.05, 4.69) is 17.1 Å². The van der Waals surface area contributed by atoms with Crippen molar-refractivity contribution in [3.63, 3.8) is 0 Å². The molecule has 0 bridgehead atoms. The van der Waals surface area contributed by atoms with Crippen LogP contribution in [0.1, 0.15) is 19.8 Å². The molecule has 0 aromatic rings. The van der Waals surface area contributed by atoms with Crippen molar-refractivity contribution in [3.05, 3.63) is 0 Å². The van der Waals surface area contributed by atoms with Gasteiger partial charge in [0.15, 0.2) is 0 Å². The van der Waals surface area contributed by atoms with Crippen LogP contribution in [0.25, 0.3) is 0 Å². The van der Waals surface area contributed by atoms with Crippen LogP contribution in [0.4, 0.5) is 0 Å². The molecule has 0 saturated carbocycles. The van der Waals surface area contributed by atoms with Crippen molar-refractivity contribution in [1.29, 1.82) is 0 Å². The minimum Gasteiger partial charge on any atom is -0.390 e. The predicted molar refractivity (Wildman–Crippen MR) is 48.1 cm³/mol. The molecule has 0 aliphatic carbocycles. The summed E-state index contributed by atoms with van der Waals surface area (Å²) >= 11 is 0. The standard InChI is InChI=1S/C9H18N2O/c1-7-3-2-4-11(7)8-5-10-6-9(8)12/h7-10,12H,2-6H2,1H3/t7?,8-,9-/m1/s1. The van der Waals surface area contributed by atoms with E-state index >= 15 is 0 Å². The van der Waals surface area contributed by atoms with E-state index in [4.69, 9.17) is 0 Å². The molecule has 1 unspecified atom stereocenters. The number of β-amino-alcohol motifs (C(OH)–C–C–N with tert-alkyl or cyclic N) is 1. The zero-order valence-electron chi connectivity index (χ0n) is 7.66. The van der Waals surface area contributed by atoms with E-state index in [1.165, 1.54) is 19.4 Å². The summed E-state index contributed by atoms with van der Waals surface area (Å²) < 4.78 is 0. The van der Waals surface area contributed by atoms with Gasteiger partial charge < -0.3 is 10.4 Å². The van der Waals surface area contributed by atoms with Gasteiger partial charge >= 0.3 is 0 Å². The summed E-state index contributed by atoms with van der Waals surface area (Å²) in [5.41, 5.74) is 0. The third kappa shape index (κ3) is 1.37. The summed E-state index contributed by atoms with van der Waals surface area (Å²) in [4.78, 5) is 2.45. The van der Waals surface area contributed by atoms with Gasteiger partial charge in [-0.2, -0.15) is 0 Å². The lowest BCUT2D eigenvalue weighted by Gasteiger charge is -2.29. The Labute approximate surface area is 73.8 Å². The first-order chi connectivity index (χ1) is 5.79. The molecule has 2 rings (SSSR count). The average molecular weight is 170 g/mol. The van der Waals surface area contributed by atoms with Gasteiger partial charge in [-0.15, -0.1) is 0 Å². The molecule has 12 heavy (non-hydrogen) atoms. The maximum Gasteiger partial charge on any atom is 0.0831 e. The van der Waals surface area contributed by atoms with E-state index in [0.29, 0.717) is 12.1 Å². The number of nitrogens with zero attached hydrogens (tertiary/aromatic N) is 1. The van der Waals surface area contributed by atoms with Gasteiger partial charge in [0.25, 0.3) is 0 Å². The van der Waals surface area contributed by atoms with Gasteiger partial charge in [-0.3, -0.25) is 4.90 Å². The fraction of sp³-hybridized carbons (Fsp3) is 1.00. The third-order valence-electron chi connectivity index (χ3n) is 3.18. The highest BCUT2D eigenvalue weighted by atomic mass is 16.3. The molecule has 2 aliphatic rings. The number of likely N-dealkylation sites (tertiary alicyclic amines) is 1. The summed E-state index contributed by atoms with van der Waals surface area (Å²) in [5, 5.41) is 12.9. The van der Waals surface area contributed by atoms with Crippen molar-refractivity contribution < 1.29 is 5.11 Å². The first kappa shape index (κ1) is 8.48. The quantitative estimate of drug-likeness (QED) is 0.572. The molecule has 3 atom stereocenters. The fourth-order valence-corrected chi connectivity index (χ4v) is 2.44. The van der Waals surface area contributed by atoms with E-state index < -0.39 is 0 Å². The molecule has 70 valence electrons. The SMILES string of the molecule is CC1CCCN1[C@@H]1CNC[C@H]1O. The lowest BCUT2D eigenvalue weighted by Crippen LogP contribution is -2.44. The van der Waals surface area contributed by atoms with E-state index in [1.807, 2.05) is 0 Å². The lowest BCUT2D eigenvalue weighted by molar-refractivity contribution is 0.0793. The van der Waals surface area contributed by atoms with Crippen LogP contribution in [0.15, 0.2) is 0 Å². The Balaban J connectivity index is 1.98. The smallest absolute Gasteiger partial charge is 0.0831 e. The second-order valence-electron chi connectivity index (χ2n) is 4.02. The summed E-state index contributed by atoms with van der Waals surface area (Å²) in [6.45, 7) is 5.17. The van der Waals surface area contributed by atoms with Gasteiger partial charge in [0.1, 0.15) is 0 Å². The molecule has 3 heteroatoms. The maximum atomic E-state index is 9.66. The first-order valence-corrected chi connectivity index (χ1v) is 4.93. The second kappa shape index (κ2) is 3.32. The molecule has 2 heterocycles. The van der Waals surface area contributed by atoms with E-state index in [1.54, 1.807) is 0 Å². The molecule has 2 N–H and O–H groups in total. The van der Waals surface area contributed by atoms with Gasteiger partial charge in [-0.25, -0.2) is 0 Å². The summed E-state index contributed by atoms with van der Waals surface area (Å²) in [6, 6.07) is 1.05. The summed E-state index contributed by atoms with van der Waals surface area (Å²) in [6.07, 6.45) is 2.44. The fourth-order valence-electron chi connectivity index (χ4n) is 2.44. The maximum absolute atomic E-state index is 9.66. The molecule has 0 spiro atoms. The largest absolute Gasteiger partial charge is 0.390 e. The van der Waals surface area contributed by atoms with Crippen molar-refractivity contribution >= 4 is 0 Å². The van der Waals surface area contributed by atoms with Crippen LogP contribution in [-0.4, -0.2) is 47.8 Å². The van der Waals surface area contributed by atoms with Gasteiger partial charge in [0.05, 0.1) is 6.10 Å². The van der Waals surface area contributed by atoms with Crippen molar-refractivity contribution in [2.75, 3.05) is 19.6 Å². The zero-order chi connectivity index (χ0) is 8.55. The Morgan fingerprint density at radius 2 is 2.25 bits per heavy atom. The normalized spacial score (nSPS) is 44.0. The monoisotopic (exact) mass is 170 g/mol. The molecule has 0 radical (unpaired) electrons. The third-order valence-corrected chi connectivity index (χ3v) is 3.18. The molecule has 2 aliphatic heterocycles. The molecule has 2 fully saturated rings. The van der Waals surface area contributed by atoms with Crippen molar-refractivity contribution in [3.8, 4) is 0 Å². The number of nitrogens with one attached hydrogen (secondary N) is 1. The van der Waals surface area contributed by atoms with Crippen molar-refractivity contribution in [2.45, 2.75) is 38.0 Å². The highest BCUT2D eigenvalue weighted by Gasteiger charge is 2.34. The van der Waals surface area contributed by atoms with E-state index in [0.717, 1.165) is 13.1 Å². The van der Waals surface area contributed by atoms with Crippen LogP contribution in [-0.2, 0) is 0 Å². The Kier molecular flexibility index (Phi) is 2.35. The highest BCUT2D eigenvalue weighted by Crippen LogP contribution is 2.22. The average Bonchev–Trinajstić information content (AvgIpc) is 2.59. The Bertz CT molecular complexity index is 145. The van der Waals surface area contributed by atoms with Crippen LogP contribution in [0, 0.1) is 0 Å². The number of aliphatic hydroxyl groups is 1.